The summed E-state index contributed by atoms with van der Waals surface area (Å²) in [5, 5.41) is 2.77. The number of carbonyl (C=O) groups excluding carboxylic acids is 2. The summed E-state index contributed by atoms with van der Waals surface area (Å²) in [5.41, 5.74) is 3.17. The molecule has 3 rings (SSSR count). The monoisotopic (exact) mass is 309 g/mol. The van der Waals surface area contributed by atoms with Crippen molar-refractivity contribution in [3.63, 3.8) is 0 Å². The predicted octanol–water partition coefficient (Wildman–Crippen LogP) is 2.69. The van der Waals surface area contributed by atoms with Gasteiger partial charge in [-0.15, -0.1) is 0 Å². The van der Waals surface area contributed by atoms with E-state index in [2.05, 4.69) is 10.3 Å². The maximum Gasteiger partial charge on any atom is 0.230 e. The SMILES string of the molecule is Cc1ccc(N2CC(C(=O)Nc3ccccn3)CC2=O)cc1C. The van der Waals surface area contributed by atoms with E-state index in [1.165, 1.54) is 5.56 Å². The summed E-state index contributed by atoms with van der Waals surface area (Å²) in [7, 11) is 0. The van der Waals surface area contributed by atoms with Crippen LogP contribution in [-0.4, -0.2) is 23.3 Å². The van der Waals surface area contributed by atoms with Crippen LogP contribution < -0.4 is 10.2 Å². The summed E-state index contributed by atoms with van der Waals surface area (Å²) in [5.74, 6) is -0.0292. The van der Waals surface area contributed by atoms with Crippen molar-refractivity contribution in [2.45, 2.75) is 20.3 Å². The lowest BCUT2D eigenvalue weighted by Crippen LogP contribution is -2.28. The first kappa shape index (κ1) is 15.2. The third kappa shape index (κ3) is 3.23. The second-order valence-corrected chi connectivity index (χ2v) is 5.88. The van der Waals surface area contributed by atoms with E-state index in [9.17, 15) is 9.59 Å². The van der Waals surface area contributed by atoms with Gasteiger partial charge in [0.2, 0.25) is 11.8 Å². The van der Waals surface area contributed by atoms with E-state index in [0.29, 0.717) is 12.4 Å². The number of hydrogen-bond donors (Lipinski definition) is 1. The third-order valence-corrected chi connectivity index (χ3v) is 4.21. The molecule has 0 bridgehead atoms. The second-order valence-electron chi connectivity index (χ2n) is 5.88. The van der Waals surface area contributed by atoms with Crippen molar-refractivity contribution in [1.82, 2.24) is 4.98 Å². The van der Waals surface area contributed by atoms with E-state index in [4.69, 9.17) is 0 Å². The fourth-order valence-electron chi connectivity index (χ4n) is 2.69. The standard InChI is InChI=1S/C18H19N3O2/c1-12-6-7-15(9-13(12)2)21-11-14(10-17(21)22)18(23)20-16-5-3-4-8-19-16/h3-9,14H,10-11H2,1-2H3,(H,19,20,23). The van der Waals surface area contributed by atoms with E-state index in [1.54, 1.807) is 23.2 Å². The Balaban J connectivity index is 1.71. The topological polar surface area (TPSA) is 62.3 Å². The minimum Gasteiger partial charge on any atom is -0.312 e. The molecule has 1 aromatic carbocycles. The smallest absolute Gasteiger partial charge is 0.230 e. The molecule has 5 heteroatoms. The number of aromatic nitrogens is 1. The van der Waals surface area contributed by atoms with E-state index in [-0.39, 0.29) is 24.2 Å². The summed E-state index contributed by atoms with van der Waals surface area (Å²) < 4.78 is 0. The molecule has 1 N–H and O–H groups in total. The molecule has 1 fully saturated rings. The molecule has 1 aliphatic rings. The quantitative estimate of drug-likeness (QED) is 0.948. The van der Waals surface area contributed by atoms with Gasteiger partial charge in [0, 0.05) is 24.8 Å². The van der Waals surface area contributed by atoms with Gasteiger partial charge < -0.3 is 10.2 Å². The van der Waals surface area contributed by atoms with Crippen molar-refractivity contribution >= 4 is 23.3 Å². The van der Waals surface area contributed by atoms with Gasteiger partial charge in [-0.25, -0.2) is 4.98 Å². The molecule has 1 atom stereocenters. The minimum atomic E-state index is -0.355. The van der Waals surface area contributed by atoms with Crippen molar-refractivity contribution in [2.75, 3.05) is 16.8 Å². The lowest BCUT2D eigenvalue weighted by atomic mass is 10.1. The highest BCUT2D eigenvalue weighted by Gasteiger charge is 2.35. The van der Waals surface area contributed by atoms with Gasteiger partial charge in [0.25, 0.3) is 0 Å². The average Bonchev–Trinajstić information content (AvgIpc) is 2.93. The molecule has 23 heavy (non-hydrogen) atoms. The Morgan fingerprint density at radius 1 is 1.22 bits per heavy atom. The number of benzene rings is 1. The van der Waals surface area contributed by atoms with Crippen molar-refractivity contribution in [2.24, 2.45) is 5.92 Å². The van der Waals surface area contributed by atoms with Gasteiger partial charge in [0.1, 0.15) is 5.82 Å². The van der Waals surface area contributed by atoms with Gasteiger partial charge >= 0.3 is 0 Å². The number of amides is 2. The largest absolute Gasteiger partial charge is 0.312 e. The molecule has 1 unspecified atom stereocenters. The van der Waals surface area contributed by atoms with Crippen LogP contribution in [0.3, 0.4) is 0 Å². The molecule has 1 aliphatic heterocycles. The second kappa shape index (κ2) is 6.20. The first-order valence-corrected chi connectivity index (χ1v) is 7.64. The molecule has 118 valence electrons. The number of carbonyl (C=O) groups is 2. The Bertz CT molecular complexity index is 743. The van der Waals surface area contributed by atoms with E-state index < -0.39 is 0 Å². The van der Waals surface area contributed by atoms with Gasteiger partial charge in [-0.3, -0.25) is 9.59 Å². The first-order valence-electron chi connectivity index (χ1n) is 7.64. The molecule has 2 amide bonds. The highest BCUT2D eigenvalue weighted by atomic mass is 16.2. The zero-order valence-corrected chi connectivity index (χ0v) is 13.2. The van der Waals surface area contributed by atoms with Crippen molar-refractivity contribution < 1.29 is 9.59 Å². The molecule has 1 saturated heterocycles. The molecule has 0 saturated carbocycles. The molecular weight excluding hydrogens is 290 g/mol. The molecule has 0 aliphatic carbocycles. The third-order valence-electron chi connectivity index (χ3n) is 4.21. The van der Waals surface area contributed by atoms with Crippen LogP contribution in [0, 0.1) is 19.8 Å². The maximum absolute atomic E-state index is 12.3. The fourth-order valence-corrected chi connectivity index (χ4v) is 2.69. The summed E-state index contributed by atoms with van der Waals surface area (Å²) in [6, 6.07) is 11.3. The summed E-state index contributed by atoms with van der Waals surface area (Å²) >= 11 is 0. The summed E-state index contributed by atoms with van der Waals surface area (Å²) in [4.78, 5) is 30.4. The molecule has 5 nitrogen and oxygen atoms in total. The highest BCUT2D eigenvalue weighted by molar-refractivity contribution is 6.03. The number of anilines is 2. The van der Waals surface area contributed by atoms with Crippen molar-refractivity contribution in [3.05, 3.63) is 53.7 Å². The van der Waals surface area contributed by atoms with Gasteiger partial charge in [-0.05, 0) is 49.2 Å². The molecular formula is C18H19N3O2. The Hall–Kier alpha value is -2.69. The van der Waals surface area contributed by atoms with Crippen LogP contribution in [0.2, 0.25) is 0 Å². The number of nitrogens with one attached hydrogen (secondary N) is 1. The lowest BCUT2D eigenvalue weighted by molar-refractivity contribution is -0.122. The normalized spacial score (nSPS) is 17.4. The molecule has 2 heterocycles. The van der Waals surface area contributed by atoms with Gasteiger partial charge in [-0.2, -0.15) is 0 Å². The Kier molecular flexibility index (Phi) is 4.10. The van der Waals surface area contributed by atoms with Crippen molar-refractivity contribution in [3.8, 4) is 0 Å². The van der Waals surface area contributed by atoms with E-state index in [1.807, 2.05) is 38.1 Å². The number of hydrogen-bond acceptors (Lipinski definition) is 3. The average molecular weight is 309 g/mol. The Morgan fingerprint density at radius 3 is 2.74 bits per heavy atom. The summed E-state index contributed by atoms with van der Waals surface area (Å²) in [6.45, 7) is 4.46. The lowest BCUT2D eigenvalue weighted by Gasteiger charge is -2.18. The predicted molar refractivity (Wildman–Crippen MR) is 89.2 cm³/mol. The Morgan fingerprint density at radius 2 is 2.04 bits per heavy atom. The molecule has 1 aromatic heterocycles. The number of pyridine rings is 1. The van der Waals surface area contributed by atoms with Gasteiger partial charge in [0.05, 0.1) is 5.92 Å². The molecule has 0 spiro atoms. The van der Waals surface area contributed by atoms with E-state index in [0.717, 1.165) is 11.3 Å². The highest BCUT2D eigenvalue weighted by Crippen LogP contribution is 2.27. The zero-order chi connectivity index (χ0) is 16.4. The van der Waals surface area contributed by atoms with Crippen LogP contribution in [0.15, 0.2) is 42.6 Å². The fraction of sp³-hybridized carbons (Fsp3) is 0.278. The van der Waals surface area contributed by atoms with Crippen LogP contribution >= 0.6 is 0 Å². The Labute approximate surface area is 135 Å². The number of nitrogens with zero attached hydrogens (tertiary/aromatic N) is 2. The van der Waals surface area contributed by atoms with Gasteiger partial charge in [0.15, 0.2) is 0 Å². The maximum atomic E-state index is 12.3. The number of rotatable bonds is 3. The first-order chi connectivity index (χ1) is 11.0. The minimum absolute atomic E-state index is 0.0191. The van der Waals surface area contributed by atoms with Crippen LogP contribution in [0.1, 0.15) is 17.5 Å². The van der Waals surface area contributed by atoms with Gasteiger partial charge in [-0.1, -0.05) is 12.1 Å². The molecule has 0 radical (unpaired) electrons. The van der Waals surface area contributed by atoms with Crippen LogP contribution in [0.25, 0.3) is 0 Å². The van der Waals surface area contributed by atoms with Crippen molar-refractivity contribution in [1.29, 1.82) is 0 Å². The zero-order valence-electron chi connectivity index (χ0n) is 13.2. The van der Waals surface area contributed by atoms with Crippen LogP contribution in [0.4, 0.5) is 11.5 Å². The van der Waals surface area contributed by atoms with Crippen LogP contribution in [0.5, 0.6) is 0 Å². The number of aryl methyl sites for hydroxylation is 2. The van der Waals surface area contributed by atoms with E-state index >= 15 is 0 Å². The summed E-state index contributed by atoms with van der Waals surface area (Å²) in [6.07, 6.45) is 1.85. The molecule has 2 aromatic rings. The van der Waals surface area contributed by atoms with Crippen LogP contribution in [-0.2, 0) is 9.59 Å².